The number of carbonyl (C=O) groups is 4. The van der Waals surface area contributed by atoms with Crippen molar-refractivity contribution in [3.05, 3.63) is 59.7 Å². The normalized spacial score (nSPS) is 18.8. The van der Waals surface area contributed by atoms with Crippen molar-refractivity contribution in [1.29, 1.82) is 0 Å². The number of carbonyl (C=O) groups excluding carboxylic acids is 4. The summed E-state index contributed by atoms with van der Waals surface area (Å²) in [6, 6.07) is 12.3. The third kappa shape index (κ3) is 4.81. The molecule has 0 aromatic heterocycles. The van der Waals surface area contributed by atoms with Crippen LogP contribution in [0.25, 0.3) is 0 Å². The van der Waals surface area contributed by atoms with Gasteiger partial charge in [0.05, 0.1) is 24.8 Å². The van der Waals surface area contributed by atoms with Gasteiger partial charge < -0.3 is 15.0 Å². The third-order valence-electron chi connectivity index (χ3n) is 6.48. The lowest BCUT2D eigenvalue weighted by Crippen LogP contribution is -2.45. The summed E-state index contributed by atoms with van der Waals surface area (Å²) in [6.07, 6.45) is 4.63. The fourth-order valence-electron chi connectivity index (χ4n) is 4.69. The highest BCUT2D eigenvalue weighted by molar-refractivity contribution is 6.22. The summed E-state index contributed by atoms with van der Waals surface area (Å²) in [6.45, 7) is 1.94. The predicted molar refractivity (Wildman–Crippen MR) is 128 cm³/mol. The minimum absolute atomic E-state index is 0.0576. The van der Waals surface area contributed by atoms with E-state index in [1.807, 2.05) is 19.1 Å². The second kappa shape index (κ2) is 10.1. The highest BCUT2D eigenvalue weighted by Gasteiger charge is 2.49. The number of amides is 4. The van der Waals surface area contributed by atoms with Crippen LogP contribution < -0.4 is 10.2 Å². The van der Waals surface area contributed by atoms with Gasteiger partial charge in [0.1, 0.15) is 6.04 Å². The molecule has 34 heavy (non-hydrogen) atoms. The van der Waals surface area contributed by atoms with Crippen LogP contribution in [0, 0.1) is 6.92 Å². The summed E-state index contributed by atoms with van der Waals surface area (Å²) in [4.78, 5) is 54.2. The van der Waals surface area contributed by atoms with E-state index < -0.39 is 12.0 Å². The topological polar surface area (TPSA) is 96.0 Å². The Morgan fingerprint density at radius 1 is 0.971 bits per heavy atom. The number of nitrogens with one attached hydrogen (secondary N) is 1. The van der Waals surface area contributed by atoms with Crippen LogP contribution in [0.4, 0.5) is 16.2 Å². The number of benzene rings is 2. The molecule has 8 nitrogen and oxygen atoms in total. The highest BCUT2D eigenvalue weighted by Crippen LogP contribution is 2.33. The van der Waals surface area contributed by atoms with Crippen molar-refractivity contribution >= 4 is 35.2 Å². The second-order valence-electron chi connectivity index (χ2n) is 8.83. The molecular formula is C26H29N3O5. The van der Waals surface area contributed by atoms with Gasteiger partial charge in [-0.25, -0.2) is 14.5 Å². The number of hydrogen-bond acceptors (Lipinski definition) is 5. The van der Waals surface area contributed by atoms with Crippen molar-refractivity contribution in [2.45, 2.75) is 57.5 Å². The molecule has 0 radical (unpaired) electrons. The Kier molecular flexibility index (Phi) is 6.95. The average molecular weight is 464 g/mol. The molecule has 1 atom stereocenters. The molecule has 1 N–H and O–H groups in total. The predicted octanol–water partition coefficient (Wildman–Crippen LogP) is 4.28. The van der Waals surface area contributed by atoms with Crippen molar-refractivity contribution in [2.75, 3.05) is 17.3 Å². The molecule has 1 heterocycles. The van der Waals surface area contributed by atoms with Gasteiger partial charge in [0, 0.05) is 11.7 Å². The number of esters is 1. The van der Waals surface area contributed by atoms with E-state index in [0.29, 0.717) is 16.9 Å². The molecule has 4 rings (SSSR count). The van der Waals surface area contributed by atoms with Crippen molar-refractivity contribution in [3.63, 3.8) is 0 Å². The summed E-state index contributed by atoms with van der Waals surface area (Å²) < 4.78 is 4.68. The molecule has 0 spiro atoms. The van der Waals surface area contributed by atoms with E-state index in [9.17, 15) is 19.2 Å². The summed E-state index contributed by atoms with van der Waals surface area (Å²) in [5, 5.41) is 2.77. The zero-order valence-corrected chi connectivity index (χ0v) is 19.5. The van der Waals surface area contributed by atoms with Crippen LogP contribution in [0.2, 0.25) is 0 Å². The number of rotatable bonds is 6. The molecule has 1 aliphatic heterocycles. The molecule has 1 saturated heterocycles. The molecule has 4 amide bonds. The summed E-state index contributed by atoms with van der Waals surface area (Å²) in [5.74, 6) is -1.22. The van der Waals surface area contributed by atoms with Crippen LogP contribution in [0.5, 0.6) is 0 Å². The average Bonchev–Trinajstić information content (AvgIpc) is 3.09. The van der Waals surface area contributed by atoms with Crippen molar-refractivity contribution in [3.8, 4) is 0 Å². The van der Waals surface area contributed by atoms with E-state index in [1.165, 1.54) is 12.0 Å². The van der Waals surface area contributed by atoms with Crippen LogP contribution in [0.3, 0.4) is 0 Å². The Morgan fingerprint density at radius 2 is 1.62 bits per heavy atom. The maximum absolute atomic E-state index is 13.4. The van der Waals surface area contributed by atoms with Crippen molar-refractivity contribution in [2.24, 2.45) is 0 Å². The van der Waals surface area contributed by atoms with Crippen LogP contribution in [-0.4, -0.2) is 47.9 Å². The molecule has 0 unspecified atom stereocenters. The summed E-state index contributed by atoms with van der Waals surface area (Å²) in [5.41, 5.74) is 2.41. The largest absolute Gasteiger partial charge is 0.465 e. The van der Waals surface area contributed by atoms with E-state index in [2.05, 4.69) is 10.1 Å². The number of nitrogens with zero attached hydrogens (tertiary/aromatic N) is 2. The lowest BCUT2D eigenvalue weighted by molar-refractivity contribution is -0.125. The molecule has 2 aromatic carbocycles. The monoisotopic (exact) mass is 463 g/mol. The van der Waals surface area contributed by atoms with Gasteiger partial charge in [0.2, 0.25) is 5.91 Å². The molecule has 178 valence electrons. The first kappa shape index (κ1) is 23.5. The number of ether oxygens (including phenoxy) is 1. The van der Waals surface area contributed by atoms with E-state index in [4.69, 9.17) is 0 Å². The number of anilines is 2. The molecule has 8 heteroatoms. The maximum atomic E-state index is 13.4. The van der Waals surface area contributed by atoms with Gasteiger partial charge in [-0.15, -0.1) is 0 Å². The zero-order chi connectivity index (χ0) is 24.2. The smallest absolute Gasteiger partial charge is 0.337 e. The number of imide groups is 1. The van der Waals surface area contributed by atoms with Gasteiger partial charge in [-0.2, -0.15) is 0 Å². The Hall–Kier alpha value is -3.68. The first-order valence-corrected chi connectivity index (χ1v) is 11.6. The van der Waals surface area contributed by atoms with Gasteiger partial charge >= 0.3 is 12.0 Å². The summed E-state index contributed by atoms with van der Waals surface area (Å²) >= 11 is 0. The first-order chi connectivity index (χ1) is 16.4. The van der Waals surface area contributed by atoms with Crippen LogP contribution in [-0.2, 0) is 14.3 Å². The number of urea groups is 1. The fraction of sp³-hybridized carbons (Fsp3) is 0.385. The van der Waals surface area contributed by atoms with Crippen molar-refractivity contribution in [1.82, 2.24) is 4.90 Å². The van der Waals surface area contributed by atoms with Crippen molar-refractivity contribution < 1.29 is 23.9 Å². The highest BCUT2D eigenvalue weighted by atomic mass is 16.5. The fourth-order valence-corrected chi connectivity index (χ4v) is 4.69. The Labute approximate surface area is 198 Å². The minimum atomic E-state index is -0.855. The third-order valence-corrected chi connectivity index (χ3v) is 6.48. The van der Waals surface area contributed by atoms with Gasteiger partial charge in [0.25, 0.3) is 5.91 Å². The molecule has 0 bridgehead atoms. The molecule has 1 aliphatic carbocycles. The minimum Gasteiger partial charge on any atom is -0.465 e. The number of hydrogen-bond donors (Lipinski definition) is 1. The summed E-state index contributed by atoms with van der Waals surface area (Å²) in [7, 11) is 1.30. The quantitative estimate of drug-likeness (QED) is 0.510. The Bertz CT molecular complexity index is 1070. The molecule has 2 aliphatic rings. The Morgan fingerprint density at radius 3 is 2.24 bits per heavy atom. The van der Waals surface area contributed by atoms with Gasteiger partial charge in [0.15, 0.2) is 0 Å². The zero-order valence-electron chi connectivity index (χ0n) is 19.5. The van der Waals surface area contributed by atoms with Gasteiger partial charge in [-0.3, -0.25) is 9.59 Å². The lowest BCUT2D eigenvalue weighted by atomic mass is 9.93. The number of methoxy groups -OCH3 is 1. The molecular weight excluding hydrogens is 434 g/mol. The van der Waals surface area contributed by atoms with E-state index in [0.717, 1.165) is 37.7 Å². The van der Waals surface area contributed by atoms with Crippen LogP contribution >= 0.6 is 0 Å². The SMILES string of the molecule is COC(=O)c1ccc(NC(=O)C[C@@H]2C(=O)N(c3ccc(C)cc3)C(=O)N2C2CCCCC2)cc1. The van der Waals surface area contributed by atoms with E-state index in [-0.39, 0.29) is 30.3 Å². The second-order valence-corrected chi connectivity index (χ2v) is 8.83. The number of aryl methyl sites for hydroxylation is 1. The lowest BCUT2D eigenvalue weighted by Gasteiger charge is -2.33. The van der Waals surface area contributed by atoms with E-state index in [1.54, 1.807) is 41.3 Å². The van der Waals surface area contributed by atoms with Gasteiger partial charge in [-0.05, 0) is 56.2 Å². The molecule has 2 aromatic rings. The van der Waals surface area contributed by atoms with Crippen LogP contribution in [0.15, 0.2) is 48.5 Å². The Balaban J connectivity index is 1.54. The van der Waals surface area contributed by atoms with Gasteiger partial charge in [-0.1, -0.05) is 37.0 Å². The van der Waals surface area contributed by atoms with Crippen LogP contribution in [0.1, 0.15) is 54.4 Å². The molecule has 2 fully saturated rings. The first-order valence-electron chi connectivity index (χ1n) is 11.6. The maximum Gasteiger partial charge on any atom is 0.337 e. The van der Waals surface area contributed by atoms with E-state index >= 15 is 0 Å². The standard InChI is InChI=1S/C26H29N3O5/c1-17-8-14-21(15-9-17)29-24(31)22(28(26(29)33)20-6-4-3-5-7-20)16-23(30)27-19-12-10-18(11-13-19)25(32)34-2/h8-15,20,22H,3-7,16H2,1-2H3,(H,27,30)/t22-/m1/s1. The molecule has 1 saturated carbocycles.